The molecule has 152 valence electrons. The van der Waals surface area contributed by atoms with Gasteiger partial charge in [-0.15, -0.1) is 0 Å². The first kappa shape index (κ1) is 21.5. The second-order valence-corrected chi connectivity index (χ2v) is 6.17. The van der Waals surface area contributed by atoms with E-state index in [1.54, 1.807) is 0 Å². The van der Waals surface area contributed by atoms with Crippen LogP contribution in [0.3, 0.4) is 0 Å². The number of H-pyrrole nitrogens is 1. The van der Waals surface area contributed by atoms with E-state index in [0.717, 1.165) is 11.9 Å². The summed E-state index contributed by atoms with van der Waals surface area (Å²) in [6, 6.07) is 15.8. The maximum atomic E-state index is 11.8. The summed E-state index contributed by atoms with van der Waals surface area (Å²) in [5.74, 6) is -3.04. The quantitative estimate of drug-likeness (QED) is 0.472. The fourth-order valence-electron chi connectivity index (χ4n) is 2.51. The zero-order valence-electron chi connectivity index (χ0n) is 15.8. The monoisotopic (exact) mass is 398 g/mol. The molecule has 8 nitrogen and oxygen atoms in total. The number of amides is 1. The minimum absolute atomic E-state index is 0.0386. The minimum Gasteiger partial charge on any atom is -0.484 e. The van der Waals surface area contributed by atoms with Gasteiger partial charge in [0.1, 0.15) is 5.75 Å². The van der Waals surface area contributed by atoms with Crippen molar-refractivity contribution >= 4 is 28.7 Å². The summed E-state index contributed by atoms with van der Waals surface area (Å²) >= 11 is 0. The summed E-state index contributed by atoms with van der Waals surface area (Å²) in [6.07, 6.45) is 2.79. The molecule has 1 heterocycles. The van der Waals surface area contributed by atoms with Gasteiger partial charge in [-0.05, 0) is 37.1 Å². The first-order valence-electron chi connectivity index (χ1n) is 8.84. The van der Waals surface area contributed by atoms with E-state index in [4.69, 9.17) is 24.5 Å². The summed E-state index contributed by atoms with van der Waals surface area (Å²) in [7, 11) is 0. The van der Waals surface area contributed by atoms with Crippen LogP contribution in [0, 0.1) is 6.92 Å². The molecule has 0 aliphatic carbocycles. The Kier molecular flexibility index (Phi) is 7.78. The standard InChI is InChI=1S/C19H20N2O2.C2H2O4/c1-14-6-8-16(9-7-14)23-13-19(22)20-11-10-15-12-21-18-5-3-2-4-17(15)18;3-1(4)2(5)6/h2-9,12,21H,10-11,13H2,1H3,(H,20,22);(H,3,4)(H,5,6). The molecule has 0 saturated carbocycles. The number of hydrogen-bond donors (Lipinski definition) is 4. The van der Waals surface area contributed by atoms with Crippen molar-refractivity contribution in [1.82, 2.24) is 10.3 Å². The van der Waals surface area contributed by atoms with Crippen LogP contribution in [0.15, 0.2) is 54.7 Å². The highest BCUT2D eigenvalue weighted by atomic mass is 16.5. The predicted molar refractivity (Wildman–Crippen MR) is 107 cm³/mol. The van der Waals surface area contributed by atoms with Gasteiger partial charge >= 0.3 is 11.9 Å². The van der Waals surface area contributed by atoms with Crippen LogP contribution < -0.4 is 10.1 Å². The van der Waals surface area contributed by atoms with Gasteiger partial charge in [0.05, 0.1) is 0 Å². The first-order valence-corrected chi connectivity index (χ1v) is 8.84. The maximum Gasteiger partial charge on any atom is 0.414 e. The van der Waals surface area contributed by atoms with Crippen LogP contribution in [-0.2, 0) is 20.8 Å². The Morgan fingerprint density at radius 1 is 1.00 bits per heavy atom. The molecule has 0 bridgehead atoms. The molecule has 0 fully saturated rings. The van der Waals surface area contributed by atoms with Gasteiger partial charge in [-0.3, -0.25) is 4.79 Å². The highest BCUT2D eigenvalue weighted by Gasteiger charge is 2.05. The molecule has 4 N–H and O–H groups in total. The molecule has 1 amide bonds. The highest BCUT2D eigenvalue weighted by Crippen LogP contribution is 2.17. The number of carbonyl (C=O) groups is 3. The Labute approximate surface area is 167 Å². The molecule has 2 aromatic carbocycles. The molecule has 3 aromatic rings. The van der Waals surface area contributed by atoms with Gasteiger partial charge in [-0.1, -0.05) is 35.9 Å². The van der Waals surface area contributed by atoms with E-state index in [1.165, 1.54) is 16.5 Å². The summed E-state index contributed by atoms with van der Waals surface area (Å²) in [6.45, 7) is 2.65. The van der Waals surface area contributed by atoms with Crippen LogP contribution in [0.25, 0.3) is 10.9 Å². The van der Waals surface area contributed by atoms with E-state index < -0.39 is 11.9 Å². The molecule has 0 atom stereocenters. The summed E-state index contributed by atoms with van der Waals surface area (Å²) in [4.78, 5) is 33.3. The van der Waals surface area contributed by atoms with Gasteiger partial charge in [0, 0.05) is 23.6 Å². The Hall–Kier alpha value is -3.81. The SMILES string of the molecule is Cc1ccc(OCC(=O)NCCc2c[nH]c3ccccc23)cc1.O=C(O)C(=O)O. The number of aryl methyl sites for hydroxylation is 1. The molecule has 1 aromatic heterocycles. The van der Waals surface area contributed by atoms with Crippen molar-refractivity contribution in [3.8, 4) is 5.75 Å². The summed E-state index contributed by atoms with van der Waals surface area (Å²) in [5.41, 5.74) is 3.50. The van der Waals surface area contributed by atoms with Crippen molar-refractivity contribution in [2.45, 2.75) is 13.3 Å². The van der Waals surface area contributed by atoms with Gasteiger partial charge in [-0.25, -0.2) is 9.59 Å². The largest absolute Gasteiger partial charge is 0.484 e. The van der Waals surface area contributed by atoms with Crippen molar-refractivity contribution < 1.29 is 29.3 Å². The van der Waals surface area contributed by atoms with Crippen LogP contribution in [0.5, 0.6) is 5.75 Å². The van der Waals surface area contributed by atoms with Crippen LogP contribution in [0.4, 0.5) is 0 Å². The Morgan fingerprint density at radius 3 is 2.31 bits per heavy atom. The number of rotatable bonds is 6. The van der Waals surface area contributed by atoms with Gasteiger partial charge < -0.3 is 25.3 Å². The molecule has 0 aliphatic heterocycles. The van der Waals surface area contributed by atoms with E-state index in [0.29, 0.717) is 12.3 Å². The number of hydrogen-bond acceptors (Lipinski definition) is 4. The smallest absolute Gasteiger partial charge is 0.414 e. The Balaban J connectivity index is 0.000000438. The predicted octanol–water partition coefficient (Wildman–Crippen LogP) is 2.37. The van der Waals surface area contributed by atoms with Crippen LogP contribution in [-0.4, -0.2) is 46.2 Å². The van der Waals surface area contributed by atoms with E-state index in [2.05, 4.69) is 16.4 Å². The number of aliphatic carboxylic acids is 2. The summed E-state index contributed by atoms with van der Waals surface area (Å²) in [5, 5.41) is 18.9. The molecular weight excluding hydrogens is 376 g/mol. The molecule has 0 radical (unpaired) electrons. The van der Waals surface area contributed by atoms with Gasteiger partial charge in [-0.2, -0.15) is 0 Å². The van der Waals surface area contributed by atoms with Crippen LogP contribution >= 0.6 is 0 Å². The lowest BCUT2D eigenvalue weighted by Gasteiger charge is -2.07. The molecule has 0 spiro atoms. The number of aromatic nitrogens is 1. The maximum absolute atomic E-state index is 11.8. The van der Waals surface area contributed by atoms with Crippen molar-refractivity contribution in [3.05, 3.63) is 65.9 Å². The molecule has 8 heteroatoms. The number of carbonyl (C=O) groups excluding carboxylic acids is 1. The topological polar surface area (TPSA) is 129 Å². The highest BCUT2D eigenvalue weighted by molar-refractivity contribution is 6.27. The zero-order chi connectivity index (χ0) is 21.2. The molecular formula is C21H22N2O6. The van der Waals surface area contributed by atoms with Crippen molar-refractivity contribution in [2.24, 2.45) is 0 Å². The molecule has 3 rings (SSSR count). The van der Waals surface area contributed by atoms with E-state index in [9.17, 15) is 4.79 Å². The summed E-state index contributed by atoms with van der Waals surface area (Å²) < 4.78 is 5.46. The second kappa shape index (κ2) is 10.5. The fraction of sp³-hybridized carbons (Fsp3) is 0.190. The van der Waals surface area contributed by atoms with Gasteiger partial charge in [0.15, 0.2) is 6.61 Å². The molecule has 0 unspecified atom stereocenters. The third-order valence-corrected chi connectivity index (χ3v) is 3.97. The lowest BCUT2D eigenvalue weighted by molar-refractivity contribution is -0.159. The molecule has 29 heavy (non-hydrogen) atoms. The third-order valence-electron chi connectivity index (χ3n) is 3.97. The van der Waals surface area contributed by atoms with E-state index in [-0.39, 0.29) is 12.5 Å². The molecule has 0 aliphatic rings. The Morgan fingerprint density at radius 2 is 1.66 bits per heavy atom. The lowest BCUT2D eigenvalue weighted by Crippen LogP contribution is -2.30. The van der Waals surface area contributed by atoms with Crippen molar-refractivity contribution in [3.63, 3.8) is 0 Å². The fourth-order valence-corrected chi connectivity index (χ4v) is 2.51. The van der Waals surface area contributed by atoms with Crippen molar-refractivity contribution in [2.75, 3.05) is 13.2 Å². The van der Waals surface area contributed by atoms with Crippen molar-refractivity contribution in [1.29, 1.82) is 0 Å². The normalized spacial score (nSPS) is 9.97. The average molecular weight is 398 g/mol. The number of nitrogens with one attached hydrogen (secondary N) is 2. The Bertz CT molecular complexity index is 966. The number of benzene rings is 2. The first-order chi connectivity index (χ1) is 13.9. The number of aromatic amines is 1. The van der Waals surface area contributed by atoms with E-state index in [1.807, 2.05) is 55.6 Å². The lowest BCUT2D eigenvalue weighted by atomic mass is 10.1. The third kappa shape index (κ3) is 7.02. The van der Waals surface area contributed by atoms with Gasteiger partial charge in [0.25, 0.3) is 5.91 Å². The molecule has 0 saturated heterocycles. The van der Waals surface area contributed by atoms with Crippen LogP contribution in [0.1, 0.15) is 11.1 Å². The van der Waals surface area contributed by atoms with Gasteiger partial charge in [0.2, 0.25) is 0 Å². The number of carboxylic acids is 2. The zero-order valence-corrected chi connectivity index (χ0v) is 15.8. The number of ether oxygens (including phenoxy) is 1. The number of carboxylic acid groups (broad SMARTS) is 2. The minimum atomic E-state index is -1.82. The average Bonchev–Trinajstić information content (AvgIpc) is 3.11. The van der Waals surface area contributed by atoms with E-state index >= 15 is 0 Å². The van der Waals surface area contributed by atoms with Crippen LogP contribution in [0.2, 0.25) is 0 Å². The number of para-hydroxylation sites is 1. The second-order valence-electron chi connectivity index (χ2n) is 6.17. The number of fused-ring (bicyclic) bond motifs is 1.